The van der Waals surface area contributed by atoms with Crippen LogP contribution in [0.25, 0.3) is 5.82 Å². The number of esters is 1. The van der Waals surface area contributed by atoms with Crippen molar-refractivity contribution in [2.75, 3.05) is 17.2 Å². The molecular formula is C30H38F3N7O3. The van der Waals surface area contributed by atoms with Crippen LogP contribution in [0.3, 0.4) is 0 Å². The number of nitrogens with zero attached hydrogens (tertiary/aromatic N) is 4. The van der Waals surface area contributed by atoms with Crippen LogP contribution in [-0.2, 0) is 27.0 Å². The molecule has 4 rings (SSSR count). The van der Waals surface area contributed by atoms with Gasteiger partial charge < -0.3 is 20.7 Å². The standard InChI is InChI=1S/C30H38F3N7O3/c1-29(2,3)43-26(41)18-36-28-38-24(16-25(39-28)40-14-13-34-19-40)37-23(15-20-7-5-4-6-8-20)27(42)35-17-21-9-11-22(12-10-21)30(31,32)33/h9-14,16,19-20,23H,4-8,15,17-18H2,1-3H3,(H,35,42)(H2,36,37,38,39)/t23-/m1/s1. The molecule has 1 fully saturated rings. The van der Waals surface area contributed by atoms with Gasteiger partial charge in [-0.2, -0.15) is 23.1 Å². The summed E-state index contributed by atoms with van der Waals surface area (Å²) in [7, 11) is 0. The van der Waals surface area contributed by atoms with E-state index in [1.54, 1.807) is 50.1 Å². The number of hydrogen-bond acceptors (Lipinski definition) is 8. The van der Waals surface area contributed by atoms with Crippen LogP contribution >= 0.6 is 0 Å². The van der Waals surface area contributed by atoms with Gasteiger partial charge in [0.05, 0.1) is 5.56 Å². The van der Waals surface area contributed by atoms with Crippen LogP contribution in [0.4, 0.5) is 24.9 Å². The second-order valence-electron chi connectivity index (χ2n) is 11.7. The normalized spacial score (nSPS) is 15.0. The highest BCUT2D eigenvalue weighted by atomic mass is 19.4. The Kier molecular flexibility index (Phi) is 10.3. The molecule has 0 spiro atoms. The number of rotatable bonds is 11. The summed E-state index contributed by atoms with van der Waals surface area (Å²) in [6.07, 6.45) is 6.40. The molecule has 0 aliphatic heterocycles. The molecule has 1 aliphatic rings. The number of carbonyl (C=O) groups excluding carboxylic acids is 2. The summed E-state index contributed by atoms with van der Waals surface area (Å²) in [5, 5.41) is 9.03. The smallest absolute Gasteiger partial charge is 0.416 e. The van der Waals surface area contributed by atoms with E-state index >= 15 is 0 Å². The summed E-state index contributed by atoms with van der Waals surface area (Å²) in [6, 6.07) is 5.74. The van der Waals surface area contributed by atoms with Gasteiger partial charge in [0.1, 0.15) is 36.2 Å². The van der Waals surface area contributed by atoms with Gasteiger partial charge in [0.2, 0.25) is 11.9 Å². The van der Waals surface area contributed by atoms with Crippen molar-refractivity contribution in [2.24, 2.45) is 5.92 Å². The van der Waals surface area contributed by atoms with Gasteiger partial charge in [0, 0.05) is 25.0 Å². The number of amides is 1. The zero-order chi connectivity index (χ0) is 31.0. The summed E-state index contributed by atoms with van der Waals surface area (Å²) in [4.78, 5) is 38.8. The molecule has 1 aromatic carbocycles. The molecule has 3 aromatic rings. The second-order valence-corrected chi connectivity index (χ2v) is 11.7. The summed E-state index contributed by atoms with van der Waals surface area (Å²) >= 11 is 0. The maximum Gasteiger partial charge on any atom is 0.416 e. The molecule has 2 heterocycles. The third-order valence-electron chi connectivity index (χ3n) is 6.97. The van der Waals surface area contributed by atoms with Crippen LogP contribution in [0.5, 0.6) is 0 Å². The van der Waals surface area contributed by atoms with Crippen molar-refractivity contribution >= 4 is 23.6 Å². The molecule has 232 valence electrons. The van der Waals surface area contributed by atoms with Gasteiger partial charge in [-0.1, -0.05) is 44.2 Å². The molecule has 3 N–H and O–H groups in total. The minimum atomic E-state index is -4.43. The highest BCUT2D eigenvalue weighted by Crippen LogP contribution is 2.30. The number of hydrogen-bond donors (Lipinski definition) is 3. The van der Waals surface area contributed by atoms with E-state index in [1.807, 2.05) is 0 Å². The van der Waals surface area contributed by atoms with Gasteiger partial charge in [0.25, 0.3) is 0 Å². The molecule has 43 heavy (non-hydrogen) atoms. The first-order valence-corrected chi connectivity index (χ1v) is 14.4. The average molecular weight is 602 g/mol. The highest BCUT2D eigenvalue weighted by molar-refractivity contribution is 5.84. The Labute approximate surface area is 248 Å². The maximum atomic E-state index is 13.5. The lowest BCUT2D eigenvalue weighted by Crippen LogP contribution is -2.41. The van der Waals surface area contributed by atoms with Crippen molar-refractivity contribution < 1.29 is 27.5 Å². The molecule has 13 heteroatoms. The molecule has 0 unspecified atom stereocenters. The first-order valence-electron chi connectivity index (χ1n) is 14.4. The van der Waals surface area contributed by atoms with Crippen LogP contribution in [0, 0.1) is 5.92 Å². The van der Waals surface area contributed by atoms with Gasteiger partial charge in [-0.15, -0.1) is 0 Å². The molecule has 0 saturated heterocycles. The highest BCUT2D eigenvalue weighted by Gasteiger charge is 2.30. The Bertz CT molecular complexity index is 1350. The van der Waals surface area contributed by atoms with Gasteiger partial charge >= 0.3 is 12.1 Å². The topological polar surface area (TPSA) is 123 Å². The number of alkyl halides is 3. The summed E-state index contributed by atoms with van der Waals surface area (Å²) in [6.45, 7) is 5.24. The van der Waals surface area contributed by atoms with Crippen LogP contribution in [-0.4, -0.2) is 49.6 Å². The van der Waals surface area contributed by atoms with E-state index in [-0.39, 0.29) is 24.9 Å². The fourth-order valence-corrected chi connectivity index (χ4v) is 4.93. The second kappa shape index (κ2) is 13.9. The Morgan fingerprint density at radius 3 is 2.42 bits per heavy atom. The predicted molar refractivity (Wildman–Crippen MR) is 155 cm³/mol. The molecular weight excluding hydrogens is 563 g/mol. The molecule has 0 bridgehead atoms. The first-order chi connectivity index (χ1) is 20.4. The zero-order valence-electron chi connectivity index (χ0n) is 24.6. The number of anilines is 2. The fraction of sp³-hybridized carbons (Fsp3) is 0.500. The zero-order valence-corrected chi connectivity index (χ0v) is 24.6. The van der Waals surface area contributed by atoms with Crippen molar-refractivity contribution in [1.82, 2.24) is 24.8 Å². The lowest BCUT2D eigenvalue weighted by molar-refractivity contribution is -0.152. The van der Waals surface area contributed by atoms with Crippen molar-refractivity contribution in [3.8, 4) is 5.82 Å². The minimum Gasteiger partial charge on any atom is -0.459 e. The van der Waals surface area contributed by atoms with E-state index in [4.69, 9.17) is 4.74 Å². The first kappa shape index (κ1) is 31.8. The third kappa shape index (κ3) is 9.97. The van der Waals surface area contributed by atoms with E-state index in [0.717, 1.165) is 37.8 Å². The maximum absolute atomic E-state index is 13.5. The lowest BCUT2D eigenvalue weighted by atomic mass is 9.84. The Balaban J connectivity index is 1.52. The summed E-state index contributed by atoms with van der Waals surface area (Å²) in [5.74, 6) is 0.538. The van der Waals surface area contributed by atoms with E-state index < -0.39 is 29.4 Å². The number of nitrogens with one attached hydrogen (secondary N) is 3. The lowest BCUT2D eigenvalue weighted by Gasteiger charge is -2.27. The number of halogens is 3. The molecule has 0 radical (unpaired) electrons. The van der Waals surface area contributed by atoms with Crippen molar-refractivity contribution in [1.29, 1.82) is 0 Å². The van der Waals surface area contributed by atoms with E-state index in [9.17, 15) is 22.8 Å². The summed E-state index contributed by atoms with van der Waals surface area (Å²) in [5.41, 5.74) is -0.839. The molecule has 1 amide bonds. The van der Waals surface area contributed by atoms with Crippen LogP contribution in [0.15, 0.2) is 49.1 Å². The van der Waals surface area contributed by atoms with Crippen LogP contribution in [0.1, 0.15) is 70.4 Å². The third-order valence-corrected chi connectivity index (χ3v) is 6.97. The van der Waals surface area contributed by atoms with E-state index in [2.05, 4.69) is 30.9 Å². The molecule has 2 aromatic heterocycles. The van der Waals surface area contributed by atoms with Gasteiger partial charge in [-0.05, 0) is 50.8 Å². The van der Waals surface area contributed by atoms with Gasteiger partial charge in [0.15, 0.2) is 0 Å². The molecule has 1 saturated carbocycles. The number of ether oxygens (including phenoxy) is 1. The SMILES string of the molecule is CC(C)(C)OC(=O)CNc1nc(N[C@H](CC2CCCCC2)C(=O)NCc2ccc(C(F)(F)F)cc2)cc(-n2ccnc2)n1. The van der Waals surface area contributed by atoms with E-state index in [1.165, 1.54) is 18.6 Å². The van der Waals surface area contributed by atoms with E-state index in [0.29, 0.717) is 29.5 Å². The van der Waals surface area contributed by atoms with Gasteiger partial charge in [-0.3, -0.25) is 14.2 Å². The number of aromatic nitrogens is 4. The molecule has 1 atom stereocenters. The molecule has 10 nitrogen and oxygen atoms in total. The van der Waals surface area contributed by atoms with Crippen molar-refractivity contribution in [2.45, 2.75) is 83.7 Å². The van der Waals surface area contributed by atoms with Crippen molar-refractivity contribution in [3.63, 3.8) is 0 Å². The Morgan fingerprint density at radius 2 is 1.79 bits per heavy atom. The summed E-state index contributed by atoms with van der Waals surface area (Å²) < 4.78 is 45.9. The predicted octanol–water partition coefficient (Wildman–Crippen LogP) is 5.50. The number of carbonyl (C=O) groups is 2. The monoisotopic (exact) mass is 601 g/mol. The quantitative estimate of drug-likeness (QED) is 0.246. The minimum absolute atomic E-state index is 0.0760. The Morgan fingerprint density at radius 1 is 1.07 bits per heavy atom. The van der Waals surface area contributed by atoms with Crippen LogP contribution in [0.2, 0.25) is 0 Å². The fourth-order valence-electron chi connectivity index (χ4n) is 4.93. The number of benzene rings is 1. The van der Waals surface area contributed by atoms with Gasteiger partial charge in [-0.25, -0.2) is 4.98 Å². The number of imidazole rings is 1. The van der Waals surface area contributed by atoms with Crippen LogP contribution < -0.4 is 16.0 Å². The average Bonchev–Trinajstić information content (AvgIpc) is 3.49. The Hall–Kier alpha value is -4.16. The van der Waals surface area contributed by atoms with Crippen molar-refractivity contribution in [3.05, 3.63) is 60.2 Å². The molecule has 1 aliphatic carbocycles. The largest absolute Gasteiger partial charge is 0.459 e.